The van der Waals surface area contributed by atoms with Crippen molar-refractivity contribution in [3.8, 4) is 0 Å². The molecular formula is C13H14F2N4OS2. The molecule has 2 rings (SSSR count). The summed E-state index contributed by atoms with van der Waals surface area (Å²) in [6.07, 6.45) is 0. The van der Waals surface area contributed by atoms with Gasteiger partial charge in [0.15, 0.2) is 4.34 Å². The number of halogens is 2. The Kier molecular flexibility index (Phi) is 5.67. The van der Waals surface area contributed by atoms with Crippen molar-refractivity contribution in [2.75, 3.05) is 18.1 Å². The normalized spacial score (nSPS) is 12.0. The van der Waals surface area contributed by atoms with Crippen LogP contribution in [0.15, 0.2) is 22.5 Å². The zero-order valence-corrected chi connectivity index (χ0v) is 13.5. The predicted molar refractivity (Wildman–Crippen MR) is 83.1 cm³/mol. The Morgan fingerprint density at radius 2 is 2.18 bits per heavy atom. The number of amides is 1. The molecule has 1 heterocycles. The lowest BCUT2D eigenvalue weighted by Crippen LogP contribution is -2.28. The summed E-state index contributed by atoms with van der Waals surface area (Å²) in [6.45, 7) is 1.64. The second-order valence-electron chi connectivity index (χ2n) is 4.37. The average molecular weight is 344 g/mol. The Morgan fingerprint density at radius 1 is 1.41 bits per heavy atom. The molecule has 0 saturated heterocycles. The number of benzene rings is 1. The molecule has 9 heteroatoms. The second-order valence-corrected chi connectivity index (χ2v) is 6.57. The number of hydrogen-bond acceptors (Lipinski definition) is 6. The van der Waals surface area contributed by atoms with Crippen LogP contribution in [0, 0.1) is 11.6 Å². The molecule has 0 bridgehead atoms. The van der Waals surface area contributed by atoms with Gasteiger partial charge in [0.1, 0.15) is 11.6 Å². The molecular weight excluding hydrogens is 330 g/mol. The zero-order valence-electron chi connectivity index (χ0n) is 11.9. The fourth-order valence-corrected chi connectivity index (χ4v) is 3.23. The quantitative estimate of drug-likeness (QED) is 0.789. The monoisotopic (exact) mass is 344 g/mol. The van der Waals surface area contributed by atoms with E-state index in [1.807, 2.05) is 0 Å². The van der Waals surface area contributed by atoms with Gasteiger partial charge in [0.25, 0.3) is 0 Å². The van der Waals surface area contributed by atoms with Gasteiger partial charge in [-0.05, 0) is 13.0 Å². The van der Waals surface area contributed by atoms with Crippen molar-refractivity contribution in [2.24, 2.45) is 0 Å². The second kappa shape index (κ2) is 7.50. The molecule has 2 aromatic rings. The summed E-state index contributed by atoms with van der Waals surface area (Å²) >= 11 is 2.59. The van der Waals surface area contributed by atoms with Crippen molar-refractivity contribution in [1.29, 1.82) is 0 Å². The van der Waals surface area contributed by atoms with Crippen LogP contribution < -0.4 is 10.6 Å². The lowest BCUT2D eigenvalue weighted by atomic mass is 10.1. The first-order chi connectivity index (χ1) is 10.5. The number of nitrogens with zero attached hydrogens (tertiary/aromatic N) is 2. The summed E-state index contributed by atoms with van der Waals surface area (Å²) in [5.74, 6) is -1.44. The van der Waals surface area contributed by atoms with Crippen molar-refractivity contribution in [2.45, 2.75) is 17.3 Å². The standard InChI is InChI=1S/C13H14F2N4OS2/c1-7(9-4-3-8(14)5-10(9)15)17-11(20)6-21-13-19-18-12(16-2)22-13/h3-5,7H,6H2,1-2H3,(H,16,18)(H,17,20)/t7-/m1/s1. The highest BCUT2D eigenvalue weighted by Gasteiger charge is 2.15. The smallest absolute Gasteiger partial charge is 0.230 e. The molecule has 0 saturated carbocycles. The third-order valence-electron chi connectivity index (χ3n) is 2.75. The van der Waals surface area contributed by atoms with E-state index >= 15 is 0 Å². The largest absolute Gasteiger partial charge is 0.363 e. The van der Waals surface area contributed by atoms with Crippen molar-refractivity contribution in [1.82, 2.24) is 15.5 Å². The van der Waals surface area contributed by atoms with E-state index < -0.39 is 17.7 Å². The van der Waals surface area contributed by atoms with Gasteiger partial charge >= 0.3 is 0 Å². The van der Waals surface area contributed by atoms with Crippen molar-refractivity contribution in [3.63, 3.8) is 0 Å². The molecule has 1 amide bonds. The van der Waals surface area contributed by atoms with E-state index in [9.17, 15) is 13.6 Å². The molecule has 0 aliphatic carbocycles. The van der Waals surface area contributed by atoms with Crippen molar-refractivity contribution < 1.29 is 13.6 Å². The summed E-state index contributed by atoms with van der Waals surface area (Å²) < 4.78 is 27.2. The molecule has 2 N–H and O–H groups in total. The first-order valence-electron chi connectivity index (χ1n) is 6.38. The maximum atomic E-state index is 13.6. The van der Waals surface area contributed by atoms with Crippen LogP contribution in [-0.2, 0) is 4.79 Å². The van der Waals surface area contributed by atoms with Gasteiger partial charge in [-0.3, -0.25) is 4.79 Å². The molecule has 1 aromatic heterocycles. The Morgan fingerprint density at radius 3 is 2.82 bits per heavy atom. The highest BCUT2D eigenvalue weighted by Crippen LogP contribution is 2.25. The molecule has 0 radical (unpaired) electrons. The third kappa shape index (κ3) is 4.38. The molecule has 22 heavy (non-hydrogen) atoms. The fourth-order valence-electron chi connectivity index (χ4n) is 1.71. The van der Waals surface area contributed by atoms with Crippen LogP contribution in [0.4, 0.5) is 13.9 Å². The number of carbonyl (C=O) groups excluding carboxylic acids is 1. The summed E-state index contributed by atoms with van der Waals surface area (Å²) in [6, 6.07) is 2.74. The SMILES string of the molecule is CNc1nnc(SCC(=O)N[C@H](C)c2ccc(F)cc2F)s1. The van der Waals surface area contributed by atoms with Gasteiger partial charge in [0, 0.05) is 18.7 Å². The van der Waals surface area contributed by atoms with Crippen LogP contribution in [0.2, 0.25) is 0 Å². The van der Waals surface area contributed by atoms with Crippen LogP contribution >= 0.6 is 23.1 Å². The average Bonchev–Trinajstić information content (AvgIpc) is 2.93. The van der Waals surface area contributed by atoms with E-state index in [2.05, 4.69) is 20.8 Å². The lowest BCUT2D eigenvalue weighted by Gasteiger charge is -2.14. The maximum Gasteiger partial charge on any atom is 0.230 e. The number of anilines is 1. The number of thioether (sulfide) groups is 1. The van der Waals surface area contributed by atoms with Gasteiger partial charge in [0.05, 0.1) is 11.8 Å². The van der Waals surface area contributed by atoms with E-state index in [4.69, 9.17) is 0 Å². The zero-order chi connectivity index (χ0) is 16.1. The van der Waals surface area contributed by atoms with E-state index in [0.29, 0.717) is 9.47 Å². The Bertz CT molecular complexity index is 665. The first-order valence-corrected chi connectivity index (χ1v) is 8.18. The van der Waals surface area contributed by atoms with E-state index in [0.717, 1.165) is 12.1 Å². The van der Waals surface area contributed by atoms with Crippen LogP contribution in [0.1, 0.15) is 18.5 Å². The maximum absolute atomic E-state index is 13.6. The topological polar surface area (TPSA) is 66.9 Å². The lowest BCUT2D eigenvalue weighted by molar-refractivity contribution is -0.119. The Hall–Kier alpha value is -1.74. The number of carbonyl (C=O) groups is 1. The Labute approximate surface area is 134 Å². The third-order valence-corrected chi connectivity index (χ3v) is 4.83. The van der Waals surface area contributed by atoms with Crippen molar-refractivity contribution >= 4 is 34.1 Å². The summed E-state index contributed by atoms with van der Waals surface area (Å²) in [7, 11) is 1.74. The minimum atomic E-state index is -0.678. The minimum absolute atomic E-state index is 0.144. The number of rotatable bonds is 6. The number of nitrogens with one attached hydrogen (secondary N) is 2. The molecule has 1 atom stereocenters. The van der Waals surface area contributed by atoms with E-state index in [1.54, 1.807) is 14.0 Å². The molecule has 5 nitrogen and oxygen atoms in total. The van der Waals surface area contributed by atoms with Gasteiger partial charge in [0.2, 0.25) is 11.0 Å². The highest BCUT2D eigenvalue weighted by atomic mass is 32.2. The summed E-state index contributed by atoms with van der Waals surface area (Å²) in [4.78, 5) is 11.9. The summed E-state index contributed by atoms with van der Waals surface area (Å²) in [5, 5.41) is 14.0. The summed E-state index contributed by atoms with van der Waals surface area (Å²) in [5.41, 5.74) is 0.244. The fraction of sp³-hybridized carbons (Fsp3) is 0.308. The number of hydrogen-bond donors (Lipinski definition) is 2. The van der Waals surface area contributed by atoms with Gasteiger partial charge in [-0.25, -0.2) is 8.78 Å². The Balaban J connectivity index is 1.88. The van der Waals surface area contributed by atoms with Crippen molar-refractivity contribution in [3.05, 3.63) is 35.4 Å². The molecule has 0 unspecified atom stereocenters. The molecule has 118 valence electrons. The van der Waals surface area contributed by atoms with Crippen LogP contribution in [-0.4, -0.2) is 28.9 Å². The van der Waals surface area contributed by atoms with Gasteiger partial charge in [-0.15, -0.1) is 10.2 Å². The van der Waals surface area contributed by atoms with E-state index in [-0.39, 0.29) is 17.2 Å². The first kappa shape index (κ1) is 16.6. The molecule has 0 spiro atoms. The van der Waals surface area contributed by atoms with E-state index in [1.165, 1.54) is 29.2 Å². The van der Waals surface area contributed by atoms with Gasteiger partial charge in [-0.2, -0.15) is 0 Å². The minimum Gasteiger partial charge on any atom is -0.363 e. The van der Waals surface area contributed by atoms with Crippen LogP contribution in [0.25, 0.3) is 0 Å². The highest BCUT2D eigenvalue weighted by molar-refractivity contribution is 8.01. The van der Waals surface area contributed by atoms with Gasteiger partial charge in [-0.1, -0.05) is 29.2 Å². The molecule has 0 aliphatic heterocycles. The van der Waals surface area contributed by atoms with Gasteiger partial charge < -0.3 is 10.6 Å². The molecule has 1 aromatic carbocycles. The number of aromatic nitrogens is 2. The van der Waals surface area contributed by atoms with Crippen LogP contribution in [0.5, 0.6) is 0 Å². The predicted octanol–water partition coefficient (Wildman–Crippen LogP) is 2.83. The van der Waals surface area contributed by atoms with Crippen LogP contribution in [0.3, 0.4) is 0 Å². The molecule has 0 fully saturated rings. The molecule has 0 aliphatic rings.